The zero-order valence-electron chi connectivity index (χ0n) is 17.9. The minimum Gasteiger partial charge on any atom is -0.354 e. The van der Waals surface area contributed by atoms with Crippen molar-refractivity contribution < 1.29 is 14.4 Å². The maximum absolute atomic E-state index is 13.2. The minimum absolute atomic E-state index is 0.0231. The number of hydrogen-bond donors (Lipinski definition) is 1. The van der Waals surface area contributed by atoms with Gasteiger partial charge in [-0.15, -0.1) is 0 Å². The molecule has 2 aliphatic heterocycles. The van der Waals surface area contributed by atoms with E-state index in [9.17, 15) is 14.4 Å². The normalized spacial score (nSPS) is 22.0. The number of amides is 3. The van der Waals surface area contributed by atoms with E-state index < -0.39 is 5.66 Å². The van der Waals surface area contributed by atoms with Crippen molar-refractivity contribution in [3.63, 3.8) is 0 Å². The summed E-state index contributed by atoms with van der Waals surface area (Å²) in [6.45, 7) is 11.0. The third-order valence-electron chi connectivity index (χ3n) is 6.34. The highest BCUT2D eigenvalue weighted by molar-refractivity contribution is 6.10. The number of nitrogens with one attached hydrogen (secondary N) is 1. The molecule has 0 saturated carbocycles. The van der Waals surface area contributed by atoms with Crippen molar-refractivity contribution in [2.45, 2.75) is 58.7 Å². The Kier molecular flexibility index (Phi) is 6.27. The summed E-state index contributed by atoms with van der Waals surface area (Å²) in [6.07, 6.45) is 1.20. The highest BCUT2D eigenvalue weighted by Crippen LogP contribution is 2.43. The van der Waals surface area contributed by atoms with Crippen molar-refractivity contribution >= 4 is 23.4 Å². The van der Waals surface area contributed by atoms with Crippen LogP contribution in [0.25, 0.3) is 0 Å². The van der Waals surface area contributed by atoms with Gasteiger partial charge >= 0.3 is 0 Å². The fourth-order valence-electron chi connectivity index (χ4n) is 4.58. The molecule has 29 heavy (non-hydrogen) atoms. The molecule has 1 aromatic carbocycles. The van der Waals surface area contributed by atoms with Crippen LogP contribution in [0.5, 0.6) is 0 Å². The number of likely N-dealkylation sites (N-methyl/N-ethyl adjacent to an activating group) is 1. The second kappa shape index (κ2) is 8.53. The number of anilines is 1. The molecule has 1 aromatic rings. The van der Waals surface area contributed by atoms with Crippen LogP contribution in [0.2, 0.25) is 0 Å². The van der Waals surface area contributed by atoms with Crippen molar-refractivity contribution in [2.24, 2.45) is 0 Å². The maximum atomic E-state index is 13.2. The summed E-state index contributed by atoms with van der Waals surface area (Å²) in [5, 5.41) is 2.99. The molecular weight excluding hydrogens is 368 g/mol. The van der Waals surface area contributed by atoms with E-state index in [1.807, 2.05) is 19.1 Å². The Morgan fingerprint density at radius 3 is 2.62 bits per heavy atom. The third-order valence-corrected chi connectivity index (χ3v) is 6.34. The number of fused-ring (bicyclic) bond motifs is 3. The number of rotatable bonds is 8. The molecule has 0 radical (unpaired) electrons. The molecule has 3 amide bonds. The topological polar surface area (TPSA) is 73.0 Å². The van der Waals surface area contributed by atoms with Gasteiger partial charge in [-0.3, -0.25) is 24.2 Å². The first-order valence-electron chi connectivity index (χ1n) is 10.6. The van der Waals surface area contributed by atoms with Crippen LogP contribution >= 0.6 is 0 Å². The van der Waals surface area contributed by atoms with Gasteiger partial charge in [-0.25, -0.2) is 0 Å². The second-order valence-corrected chi connectivity index (χ2v) is 8.04. The number of nitrogens with zero attached hydrogens (tertiary/aromatic N) is 3. The van der Waals surface area contributed by atoms with Crippen LogP contribution in [0.3, 0.4) is 0 Å². The highest BCUT2D eigenvalue weighted by Gasteiger charge is 2.52. The van der Waals surface area contributed by atoms with Gasteiger partial charge in [0, 0.05) is 32.0 Å². The first-order chi connectivity index (χ1) is 13.8. The summed E-state index contributed by atoms with van der Waals surface area (Å²) in [7, 11) is 0. The SMILES string of the molecule is CCN(CC)C(C)CNC(=O)CCN1C(=O)c2ccccc2N2C(=O)CCC12C. The Morgan fingerprint density at radius 2 is 1.93 bits per heavy atom. The molecule has 7 nitrogen and oxygen atoms in total. The van der Waals surface area contributed by atoms with Gasteiger partial charge in [0.2, 0.25) is 11.8 Å². The van der Waals surface area contributed by atoms with Crippen LogP contribution in [0.1, 0.15) is 57.3 Å². The smallest absolute Gasteiger partial charge is 0.257 e. The Balaban J connectivity index is 1.68. The summed E-state index contributed by atoms with van der Waals surface area (Å²) in [5.41, 5.74) is 0.490. The average molecular weight is 401 g/mol. The van der Waals surface area contributed by atoms with E-state index in [2.05, 4.69) is 31.0 Å². The quantitative estimate of drug-likeness (QED) is 0.726. The van der Waals surface area contributed by atoms with Gasteiger partial charge in [0.25, 0.3) is 5.91 Å². The Hall–Kier alpha value is -2.41. The second-order valence-electron chi connectivity index (χ2n) is 8.04. The Morgan fingerprint density at radius 1 is 1.24 bits per heavy atom. The largest absolute Gasteiger partial charge is 0.354 e. The van der Waals surface area contributed by atoms with Gasteiger partial charge in [0.15, 0.2) is 0 Å². The summed E-state index contributed by atoms with van der Waals surface area (Å²) in [6, 6.07) is 7.49. The molecule has 0 aromatic heterocycles. The molecule has 1 N–H and O–H groups in total. The molecule has 2 heterocycles. The fourth-order valence-corrected chi connectivity index (χ4v) is 4.58. The lowest BCUT2D eigenvalue weighted by Crippen LogP contribution is -2.62. The summed E-state index contributed by atoms with van der Waals surface area (Å²) in [5.74, 6) is -0.163. The number of benzene rings is 1. The van der Waals surface area contributed by atoms with Crippen LogP contribution in [0.4, 0.5) is 5.69 Å². The lowest BCUT2D eigenvalue weighted by atomic mass is 9.98. The van der Waals surface area contributed by atoms with Crippen molar-refractivity contribution in [3.8, 4) is 0 Å². The summed E-state index contributed by atoms with van der Waals surface area (Å²) < 4.78 is 0. The average Bonchev–Trinajstić information content (AvgIpc) is 3.02. The Bertz CT molecular complexity index is 792. The minimum atomic E-state index is -0.711. The first kappa shape index (κ1) is 21.3. The maximum Gasteiger partial charge on any atom is 0.257 e. The van der Waals surface area contributed by atoms with Gasteiger partial charge in [-0.1, -0.05) is 26.0 Å². The van der Waals surface area contributed by atoms with Crippen LogP contribution < -0.4 is 10.2 Å². The predicted octanol–water partition coefficient (Wildman–Crippen LogP) is 2.22. The molecule has 0 aliphatic carbocycles. The van der Waals surface area contributed by atoms with Gasteiger partial charge in [-0.2, -0.15) is 0 Å². The van der Waals surface area contributed by atoms with E-state index >= 15 is 0 Å². The number of hydrogen-bond acceptors (Lipinski definition) is 4. The predicted molar refractivity (Wildman–Crippen MR) is 113 cm³/mol. The lowest BCUT2D eigenvalue weighted by Gasteiger charge is -2.48. The van der Waals surface area contributed by atoms with E-state index in [-0.39, 0.29) is 30.2 Å². The van der Waals surface area contributed by atoms with E-state index in [1.54, 1.807) is 21.9 Å². The van der Waals surface area contributed by atoms with Gasteiger partial charge in [0.1, 0.15) is 5.66 Å². The molecule has 1 fully saturated rings. The number of carbonyl (C=O) groups excluding carboxylic acids is 3. The van der Waals surface area contributed by atoms with Crippen LogP contribution in [0, 0.1) is 0 Å². The van der Waals surface area contributed by atoms with E-state index in [0.29, 0.717) is 37.2 Å². The number of carbonyl (C=O) groups is 3. The molecule has 1 saturated heterocycles. The first-order valence-corrected chi connectivity index (χ1v) is 10.6. The van der Waals surface area contributed by atoms with Gasteiger partial charge < -0.3 is 10.2 Å². The van der Waals surface area contributed by atoms with Crippen molar-refractivity contribution in [3.05, 3.63) is 29.8 Å². The fraction of sp³-hybridized carbons (Fsp3) is 0.591. The summed E-state index contributed by atoms with van der Waals surface area (Å²) in [4.78, 5) is 43.9. The summed E-state index contributed by atoms with van der Waals surface area (Å²) >= 11 is 0. The highest BCUT2D eigenvalue weighted by atomic mass is 16.2. The molecule has 2 aliphatic rings. The van der Waals surface area contributed by atoms with E-state index in [1.165, 1.54) is 0 Å². The standard InChI is InChI=1S/C22H32N4O3/c1-5-24(6-2)16(3)15-23-19(27)12-14-25-21(29)17-9-7-8-10-18(17)26-20(28)11-13-22(25,26)4/h7-10,16H,5-6,11-15H2,1-4H3,(H,23,27). The molecule has 0 bridgehead atoms. The van der Waals surface area contributed by atoms with Crippen molar-refractivity contribution in [2.75, 3.05) is 31.1 Å². The monoisotopic (exact) mass is 400 g/mol. The third kappa shape index (κ3) is 3.88. The number of para-hydroxylation sites is 1. The molecule has 0 spiro atoms. The molecular formula is C22H32N4O3. The molecule has 7 heteroatoms. The van der Waals surface area contributed by atoms with Gasteiger partial charge in [0.05, 0.1) is 11.3 Å². The lowest BCUT2D eigenvalue weighted by molar-refractivity contribution is -0.121. The van der Waals surface area contributed by atoms with Crippen LogP contribution in [-0.4, -0.2) is 65.4 Å². The van der Waals surface area contributed by atoms with Crippen molar-refractivity contribution in [1.82, 2.24) is 15.1 Å². The molecule has 2 atom stereocenters. The van der Waals surface area contributed by atoms with Gasteiger partial charge in [-0.05, 0) is 45.5 Å². The molecule has 3 rings (SSSR count). The Labute approximate surface area is 173 Å². The van der Waals surface area contributed by atoms with E-state index in [0.717, 1.165) is 13.1 Å². The molecule has 2 unspecified atom stereocenters. The van der Waals surface area contributed by atoms with Crippen LogP contribution in [-0.2, 0) is 9.59 Å². The molecule has 158 valence electrons. The zero-order valence-corrected chi connectivity index (χ0v) is 17.9. The van der Waals surface area contributed by atoms with Crippen LogP contribution in [0.15, 0.2) is 24.3 Å². The zero-order chi connectivity index (χ0) is 21.2. The van der Waals surface area contributed by atoms with E-state index in [4.69, 9.17) is 0 Å². The van der Waals surface area contributed by atoms with Crippen molar-refractivity contribution in [1.29, 1.82) is 0 Å².